The van der Waals surface area contributed by atoms with Crippen LogP contribution in [-0.4, -0.2) is 31.0 Å². The second kappa shape index (κ2) is 7.51. The lowest BCUT2D eigenvalue weighted by molar-refractivity contribution is 0.102. The second-order valence-electron chi connectivity index (χ2n) is 4.14. The van der Waals surface area contributed by atoms with Crippen molar-refractivity contribution in [2.75, 3.05) is 25.2 Å². The van der Waals surface area contributed by atoms with Crippen LogP contribution < -0.4 is 0 Å². The molecule has 0 saturated heterocycles. The van der Waals surface area contributed by atoms with Crippen molar-refractivity contribution in [2.24, 2.45) is 0 Å². The Kier molecular flexibility index (Phi) is 6.30. The fraction of sp³-hybridized carbons (Fsp3) is 0.500. The largest absolute Gasteiger partial charge is 0.385 e. The molecule has 0 aliphatic heterocycles. The van der Waals surface area contributed by atoms with Crippen LogP contribution in [0.1, 0.15) is 27.9 Å². The summed E-state index contributed by atoms with van der Waals surface area (Å²) < 4.78 is 4.97. The van der Waals surface area contributed by atoms with Crippen LogP contribution in [0.2, 0.25) is 0 Å². The summed E-state index contributed by atoms with van der Waals surface area (Å²) in [6.45, 7) is 4.77. The number of rotatable bonds is 7. The molecule has 0 unspecified atom stereocenters. The number of hydrogen-bond acceptors (Lipinski definition) is 3. The number of benzene rings is 1. The van der Waals surface area contributed by atoms with Crippen LogP contribution in [0.3, 0.4) is 0 Å². The molecule has 0 saturated carbocycles. The lowest BCUT2D eigenvalue weighted by Crippen LogP contribution is -2.06. The monoisotopic (exact) mass is 252 g/mol. The van der Waals surface area contributed by atoms with Gasteiger partial charge in [0.2, 0.25) is 0 Å². The first-order chi connectivity index (χ1) is 8.15. The van der Waals surface area contributed by atoms with Gasteiger partial charge >= 0.3 is 0 Å². The van der Waals surface area contributed by atoms with E-state index in [0.29, 0.717) is 5.75 Å². The zero-order valence-corrected chi connectivity index (χ0v) is 11.6. The Morgan fingerprint density at radius 2 is 2.12 bits per heavy atom. The molecule has 1 rings (SSSR count). The van der Waals surface area contributed by atoms with Crippen molar-refractivity contribution >= 4 is 17.5 Å². The van der Waals surface area contributed by atoms with Crippen molar-refractivity contribution in [3.05, 3.63) is 34.9 Å². The van der Waals surface area contributed by atoms with E-state index in [1.54, 1.807) is 18.9 Å². The van der Waals surface area contributed by atoms with E-state index < -0.39 is 0 Å². The molecule has 2 nitrogen and oxygen atoms in total. The SMILES string of the molecule is COCCCSCC(=O)c1cc(C)ccc1C. The number of ketones is 1. The van der Waals surface area contributed by atoms with E-state index in [1.807, 2.05) is 32.0 Å². The van der Waals surface area contributed by atoms with E-state index in [2.05, 4.69) is 0 Å². The minimum atomic E-state index is 0.230. The Morgan fingerprint density at radius 3 is 2.82 bits per heavy atom. The average Bonchev–Trinajstić information content (AvgIpc) is 2.32. The molecule has 0 bridgehead atoms. The predicted molar refractivity (Wildman–Crippen MR) is 74.1 cm³/mol. The first-order valence-electron chi connectivity index (χ1n) is 5.82. The molecule has 0 heterocycles. The van der Waals surface area contributed by atoms with E-state index in [0.717, 1.165) is 35.5 Å². The fourth-order valence-electron chi connectivity index (χ4n) is 1.58. The van der Waals surface area contributed by atoms with Crippen LogP contribution in [0.5, 0.6) is 0 Å². The summed E-state index contributed by atoms with van der Waals surface area (Å²) >= 11 is 1.68. The van der Waals surface area contributed by atoms with Gasteiger partial charge in [0.05, 0.1) is 5.75 Å². The molecular formula is C14H20O2S. The molecule has 1 aromatic carbocycles. The van der Waals surface area contributed by atoms with Gasteiger partial charge in [0.15, 0.2) is 5.78 Å². The van der Waals surface area contributed by atoms with Crippen molar-refractivity contribution in [1.82, 2.24) is 0 Å². The molecule has 94 valence electrons. The summed E-state index contributed by atoms with van der Waals surface area (Å²) in [5.74, 6) is 1.77. The standard InChI is InChI=1S/C14H20O2S/c1-11-5-6-12(2)13(9-11)14(15)10-17-8-4-7-16-3/h5-6,9H,4,7-8,10H2,1-3H3. The summed E-state index contributed by atoms with van der Waals surface area (Å²) in [5, 5.41) is 0. The van der Waals surface area contributed by atoms with Gasteiger partial charge in [-0.1, -0.05) is 17.7 Å². The van der Waals surface area contributed by atoms with Crippen LogP contribution in [0.4, 0.5) is 0 Å². The normalized spacial score (nSPS) is 10.5. The van der Waals surface area contributed by atoms with Gasteiger partial charge in [-0.3, -0.25) is 4.79 Å². The fourth-order valence-corrected chi connectivity index (χ4v) is 2.39. The maximum Gasteiger partial charge on any atom is 0.172 e. The van der Waals surface area contributed by atoms with E-state index in [4.69, 9.17) is 4.74 Å². The highest BCUT2D eigenvalue weighted by Crippen LogP contribution is 2.14. The Labute approximate surface area is 108 Å². The first-order valence-corrected chi connectivity index (χ1v) is 6.97. The number of carbonyl (C=O) groups excluding carboxylic acids is 1. The Bertz CT molecular complexity index is 374. The number of methoxy groups -OCH3 is 1. The molecule has 0 aliphatic carbocycles. The lowest BCUT2D eigenvalue weighted by atomic mass is 10.0. The molecule has 0 aliphatic rings. The third-order valence-electron chi connectivity index (χ3n) is 2.56. The molecule has 0 radical (unpaired) electrons. The van der Waals surface area contributed by atoms with E-state index in [9.17, 15) is 4.79 Å². The number of hydrogen-bond donors (Lipinski definition) is 0. The van der Waals surface area contributed by atoms with Gasteiger partial charge in [0, 0.05) is 19.3 Å². The second-order valence-corrected chi connectivity index (χ2v) is 5.25. The molecule has 3 heteroatoms. The highest BCUT2D eigenvalue weighted by atomic mass is 32.2. The summed E-state index contributed by atoms with van der Waals surface area (Å²) in [4.78, 5) is 12.0. The molecule has 0 amide bonds. The molecule has 1 aromatic rings. The van der Waals surface area contributed by atoms with Crippen LogP contribution in [-0.2, 0) is 4.74 Å². The number of aryl methyl sites for hydroxylation is 2. The predicted octanol–water partition coefficient (Wildman–Crippen LogP) is 3.26. The third kappa shape index (κ3) is 4.92. The number of ether oxygens (including phenoxy) is 1. The zero-order valence-electron chi connectivity index (χ0n) is 10.8. The summed E-state index contributed by atoms with van der Waals surface area (Å²) in [6.07, 6.45) is 1.00. The molecule has 0 atom stereocenters. The quantitative estimate of drug-likeness (QED) is 0.550. The Hall–Kier alpha value is -0.800. The maximum absolute atomic E-state index is 12.0. The van der Waals surface area contributed by atoms with Crippen molar-refractivity contribution in [1.29, 1.82) is 0 Å². The van der Waals surface area contributed by atoms with Gasteiger partial charge in [-0.05, 0) is 37.7 Å². The van der Waals surface area contributed by atoms with Crippen LogP contribution >= 0.6 is 11.8 Å². The van der Waals surface area contributed by atoms with Crippen LogP contribution in [0.25, 0.3) is 0 Å². The molecule has 17 heavy (non-hydrogen) atoms. The number of Topliss-reactive ketones (excluding diaryl/α,β-unsaturated/α-hetero) is 1. The van der Waals surface area contributed by atoms with Crippen molar-refractivity contribution in [2.45, 2.75) is 20.3 Å². The van der Waals surface area contributed by atoms with Crippen LogP contribution in [0, 0.1) is 13.8 Å². The van der Waals surface area contributed by atoms with Gasteiger partial charge in [-0.2, -0.15) is 11.8 Å². The van der Waals surface area contributed by atoms with Crippen molar-refractivity contribution in [3.63, 3.8) is 0 Å². The zero-order chi connectivity index (χ0) is 12.7. The number of thioether (sulfide) groups is 1. The van der Waals surface area contributed by atoms with Crippen LogP contribution in [0.15, 0.2) is 18.2 Å². The first kappa shape index (κ1) is 14.3. The van der Waals surface area contributed by atoms with Crippen molar-refractivity contribution < 1.29 is 9.53 Å². The van der Waals surface area contributed by atoms with Gasteiger partial charge in [-0.25, -0.2) is 0 Å². The van der Waals surface area contributed by atoms with E-state index >= 15 is 0 Å². The van der Waals surface area contributed by atoms with Gasteiger partial charge < -0.3 is 4.74 Å². The Morgan fingerprint density at radius 1 is 1.35 bits per heavy atom. The summed E-state index contributed by atoms with van der Waals surface area (Å²) in [7, 11) is 1.70. The average molecular weight is 252 g/mol. The third-order valence-corrected chi connectivity index (χ3v) is 3.61. The van der Waals surface area contributed by atoms with E-state index in [1.165, 1.54) is 0 Å². The molecule has 0 aromatic heterocycles. The highest BCUT2D eigenvalue weighted by molar-refractivity contribution is 7.99. The molecule has 0 fully saturated rings. The molecule has 0 N–H and O–H groups in total. The van der Waals surface area contributed by atoms with Gasteiger partial charge in [0.25, 0.3) is 0 Å². The minimum absolute atomic E-state index is 0.230. The molecular weight excluding hydrogens is 232 g/mol. The lowest BCUT2D eigenvalue weighted by Gasteiger charge is -2.06. The summed E-state index contributed by atoms with van der Waals surface area (Å²) in [6, 6.07) is 6.03. The Balaban J connectivity index is 2.44. The maximum atomic E-state index is 12.0. The van der Waals surface area contributed by atoms with Crippen molar-refractivity contribution in [3.8, 4) is 0 Å². The van der Waals surface area contributed by atoms with Gasteiger partial charge in [0.1, 0.15) is 0 Å². The smallest absolute Gasteiger partial charge is 0.172 e. The minimum Gasteiger partial charge on any atom is -0.385 e. The van der Waals surface area contributed by atoms with E-state index in [-0.39, 0.29) is 5.78 Å². The number of carbonyl (C=O) groups is 1. The summed E-state index contributed by atoms with van der Waals surface area (Å²) in [5.41, 5.74) is 3.07. The van der Waals surface area contributed by atoms with Gasteiger partial charge in [-0.15, -0.1) is 0 Å². The highest BCUT2D eigenvalue weighted by Gasteiger charge is 2.08. The molecule has 0 spiro atoms. The topological polar surface area (TPSA) is 26.3 Å².